The number of ether oxygens (including phenoxy) is 3. The van der Waals surface area contributed by atoms with Crippen molar-refractivity contribution < 1.29 is 23.8 Å². The number of H-pyrrole nitrogens is 1. The lowest BCUT2D eigenvalue weighted by Gasteiger charge is -2.38. The van der Waals surface area contributed by atoms with Gasteiger partial charge in [-0.3, -0.25) is 0 Å². The van der Waals surface area contributed by atoms with Crippen LogP contribution in [0.15, 0.2) is 36.4 Å². The molecule has 2 unspecified atom stereocenters. The number of alkyl carbamates (subject to hydrolysis) is 1. The third-order valence-electron chi connectivity index (χ3n) is 5.21. The fraction of sp³-hybridized carbons (Fsp3) is 0.455. The molecule has 1 saturated heterocycles. The first kappa shape index (κ1) is 21.7. The molecule has 0 aliphatic carbocycles. The lowest BCUT2D eigenvalue weighted by molar-refractivity contribution is 0.0525. The maximum Gasteiger partial charge on any atom is 0.407 e. The van der Waals surface area contributed by atoms with Crippen LogP contribution in [0.1, 0.15) is 35.0 Å². The van der Waals surface area contributed by atoms with Crippen LogP contribution in [-0.2, 0) is 20.8 Å². The van der Waals surface area contributed by atoms with Gasteiger partial charge in [0.15, 0.2) is 0 Å². The average molecular weight is 415 g/mol. The Labute approximate surface area is 176 Å². The number of anilines is 1. The van der Waals surface area contributed by atoms with Crippen LogP contribution in [0.2, 0.25) is 0 Å². The molecule has 0 radical (unpaired) electrons. The molecular weight excluding hydrogens is 386 g/mol. The zero-order valence-corrected chi connectivity index (χ0v) is 17.6. The minimum Gasteiger partial charge on any atom is -0.462 e. The highest BCUT2D eigenvalue weighted by Gasteiger charge is 2.32. The summed E-state index contributed by atoms with van der Waals surface area (Å²) >= 11 is 0. The Morgan fingerprint density at radius 3 is 2.70 bits per heavy atom. The molecule has 1 aliphatic heterocycles. The number of carbonyl (C=O) groups is 2. The monoisotopic (exact) mass is 415 g/mol. The van der Waals surface area contributed by atoms with E-state index >= 15 is 0 Å². The number of esters is 1. The van der Waals surface area contributed by atoms with Crippen molar-refractivity contribution in [2.24, 2.45) is 0 Å². The second kappa shape index (κ2) is 10.2. The highest BCUT2D eigenvalue weighted by molar-refractivity contribution is 5.92. The second-order valence-electron chi connectivity index (χ2n) is 7.24. The molecule has 1 aromatic carbocycles. The number of methoxy groups -OCH3 is 1. The summed E-state index contributed by atoms with van der Waals surface area (Å²) in [6.45, 7) is 5.46. The van der Waals surface area contributed by atoms with Gasteiger partial charge in [0.2, 0.25) is 0 Å². The molecule has 1 fully saturated rings. The minimum atomic E-state index is -0.459. The van der Waals surface area contributed by atoms with Gasteiger partial charge in [0.1, 0.15) is 12.4 Å². The van der Waals surface area contributed by atoms with E-state index in [1.165, 1.54) is 0 Å². The summed E-state index contributed by atoms with van der Waals surface area (Å²) in [5.74, 6) is 0.501. The zero-order valence-electron chi connectivity index (χ0n) is 17.6. The fourth-order valence-corrected chi connectivity index (χ4v) is 3.59. The van der Waals surface area contributed by atoms with E-state index in [1.54, 1.807) is 14.0 Å². The molecule has 1 aliphatic rings. The number of hydrogen-bond donors (Lipinski definition) is 2. The number of rotatable bonds is 7. The SMILES string of the molecule is CCOC(=O)c1cc(N2CCC(NC(=O)OCc3ccccc3)C(OC)C2)[nH]c1C. The van der Waals surface area contributed by atoms with Crippen molar-refractivity contribution in [3.8, 4) is 0 Å². The quantitative estimate of drug-likeness (QED) is 0.676. The molecule has 0 spiro atoms. The highest BCUT2D eigenvalue weighted by atomic mass is 16.5. The number of nitrogens with one attached hydrogen (secondary N) is 2. The number of carbonyl (C=O) groups excluding carboxylic acids is 2. The first-order chi connectivity index (χ1) is 14.5. The van der Waals surface area contributed by atoms with E-state index in [0.29, 0.717) is 31.7 Å². The number of aromatic nitrogens is 1. The van der Waals surface area contributed by atoms with Crippen LogP contribution in [0.5, 0.6) is 0 Å². The Hall–Kier alpha value is -3.00. The molecule has 2 heterocycles. The Balaban J connectivity index is 1.56. The van der Waals surface area contributed by atoms with Crippen LogP contribution in [0, 0.1) is 6.92 Å². The van der Waals surface area contributed by atoms with Gasteiger partial charge in [-0.1, -0.05) is 30.3 Å². The standard InChI is InChI=1S/C22H29N3O5/c1-4-29-21(26)17-12-20(23-15(17)2)25-11-10-18(19(13-25)28-3)24-22(27)30-14-16-8-6-5-7-9-16/h5-9,12,18-19,23H,4,10-11,13-14H2,1-3H3,(H,24,27). The van der Waals surface area contributed by atoms with Gasteiger partial charge < -0.3 is 29.4 Å². The fourth-order valence-electron chi connectivity index (χ4n) is 3.59. The predicted molar refractivity (Wildman–Crippen MR) is 113 cm³/mol. The summed E-state index contributed by atoms with van der Waals surface area (Å²) in [5.41, 5.74) is 2.23. The molecule has 0 bridgehead atoms. The van der Waals surface area contributed by atoms with E-state index in [1.807, 2.05) is 43.3 Å². The summed E-state index contributed by atoms with van der Waals surface area (Å²) in [4.78, 5) is 29.7. The summed E-state index contributed by atoms with van der Waals surface area (Å²) in [5, 5.41) is 2.92. The first-order valence-electron chi connectivity index (χ1n) is 10.1. The molecule has 162 valence electrons. The molecule has 1 amide bonds. The molecule has 8 heteroatoms. The van der Waals surface area contributed by atoms with Gasteiger partial charge >= 0.3 is 12.1 Å². The van der Waals surface area contributed by atoms with Gasteiger partial charge in [0.05, 0.1) is 24.3 Å². The van der Waals surface area contributed by atoms with Crippen LogP contribution in [-0.4, -0.2) is 56.0 Å². The largest absolute Gasteiger partial charge is 0.462 e. The maximum atomic E-state index is 12.2. The lowest BCUT2D eigenvalue weighted by Crippen LogP contribution is -2.55. The molecule has 2 aromatic rings. The number of benzene rings is 1. The van der Waals surface area contributed by atoms with Crippen molar-refractivity contribution in [2.75, 3.05) is 31.7 Å². The maximum absolute atomic E-state index is 12.2. The van der Waals surface area contributed by atoms with Crippen LogP contribution in [0.4, 0.5) is 10.6 Å². The molecule has 2 atom stereocenters. The summed E-state index contributed by atoms with van der Waals surface area (Å²) < 4.78 is 16.1. The van der Waals surface area contributed by atoms with Crippen molar-refractivity contribution in [1.82, 2.24) is 10.3 Å². The molecule has 1 aromatic heterocycles. The Morgan fingerprint density at radius 2 is 2.00 bits per heavy atom. The number of aromatic amines is 1. The van der Waals surface area contributed by atoms with Gasteiger partial charge in [-0.2, -0.15) is 0 Å². The summed E-state index contributed by atoms with van der Waals surface area (Å²) in [6.07, 6.45) is 0.0171. The topological polar surface area (TPSA) is 92.9 Å². The van der Waals surface area contributed by atoms with Crippen LogP contribution >= 0.6 is 0 Å². The summed E-state index contributed by atoms with van der Waals surface area (Å²) in [6, 6.07) is 11.2. The third kappa shape index (κ3) is 5.33. The van der Waals surface area contributed by atoms with Gasteiger partial charge in [-0.15, -0.1) is 0 Å². The van der Waals surface area contributed by atoms with E-state index in [4.69, 9.17) is 14.2 Å². The van der Waals surface area contributed by atoms with E-state index in [0.717, 1.165) is 17.1 Å². The molecule has 3 rings (SSSR count). The molecule has 30 heavy (non-hydrogen) atoms. The van der Waals surface area contributed by atoms with Crippen LogP contribution in [0.3, 0.4) is 0 Å². The predicted octanol–water partition coefficient (Wildman–Crippen LogP) is 3.02. The number of amides is 1. The normalized spacial score (nSPS) is 18.7. The lowest BCUT2D eigenvalue weighted by atomic mass is 10.0. The van der Waals surface area contributed by atoms with Crippen LogP contribution in [0.25, 0.3) is 0 Å². The first-order valence-corrected chi connectivity index (χ1v) is 10.1. The molecule has 0 saturated carbocycles. The minimum absolute atomic E-state index is 0.157. The zero-order chi connectivity index (χ0) is 21.5. The van der Waals surface area contributed by atoms with Crippen molar-refractivity contribution >= 4 is 17.9 Å². The van der Waals surface area contributed by atoms with Gasteiger partial charge in [0, 0.05) is 25.9 Å². The molecule has 8 nitrogen and oxygen atoms in total. The van der Waals surface area contributed by atoms with Crippen molar-refractivity contribution in [3.63, 3.8) is 0 Å². The van der Waals surface area contributed by atoms with Crippen molar-refractivity contribution in [3.05, 3.63) is 53.2 Å². The smallest absolute Gasteiger partial charge is 0.407 e. The average Bonchev–Trinajstić information content (AvgIpc) is 3.15. The molecule has 2 N–H and O–H groups in total. The highest BCUT2D eigenvalue weighted by Crippen LogP contribution is 2.24. The van der Waals surface area contributed by atoms with Gasteiger partial charge in [-0.25, -0.2) is 9.59 Å². The number of hydrogen-bond acceptors (Lipinski definition) is 6. The van der Waals surface area contributed by atoms with E-state index in [9.17, 15) is 9.59 Å². The van der Waals surface area contributed by atoms with Crippen molar-refractivity contribution in [2.45, 2.75) is 39.0 Å². The molecular formula is C22H29N3O5. The third-order valence-corrected chi connectivity index (χ3v) is 5.21. The second-order valence-corrected chi connectivity index (χ2v) is 7.24. The number of piperidine rings is 1. The summed E-state index contributed by atoms with van der Waals surface area (Å²) in [7, 11) is 1.63. The Bertz CT molecular complexity index is 852. The Morgan fingerprint density at radius 1 is 1.23 bits per heavy atom. The van der Waals surface area contributed by atoms with Gasteiger partial charge in [-0.05, 0) is 31.9 Å². The van der Waals surface area contributed by atoms with E-state index in [-0.39, 0.29) is 24.7 Å². The van der Waals surface area contributed by atoms with Crippen molar-refractivity contribution in [1.29, 1.82) is 0 Å². The van der Waals surface area contributed by atoms with Gasteiger partial charge in [0.25, 0.3) is 0 Å². The van der Waals surface area contributed by atoms with E-state index in [2.05, 4.69) is 15.2 Å². The van der Waals surface area contributed by atoms with Crippen LogP contribution < -0.4 is 10.2 Å². The number of nitrogens with zero attached hydrogens (tertiary/aromatic N) is 1. The number of aryl methyl sites for hydroxylation is 1. The Kier molecular flexibility index (Phi) is 7.35. The van der Waals surface area contributed by atoms with E-state index < -0.39 is 6.09 Å².